The summed E-state index contributed by atoms with van der Waals surface area (Å²) in [5.41, 5.74) is 8.51. The second-order valence-electron chi connectivity index (χ2n) is 11.0. The molecule has 0 aliphatic rings. The molecule has 0 aromatic carbocycles. The molecule has 0 fully saturated rings. The zero-order valence-corrected chi connectivity index (χ0v) is 31.5. The van der Waals surface area contributed by atoms with Gasteiger partial charge in [-0.05, 0) is 45.0 Å². The minimum absolute atomic E-state index is 0.0316. The molecular formula is C36H34ClN13O8. The van der Waals surface area contributed by atoms with E-state index in [1.165, 1.54) is 62.3 Å². The predicted octanol–water partition coefficient (Wildman–Crippen LogP) is 4.35. The van der Waals surface area contributed by atoms with Crippen molar-refractivity contribution in [2.75, 3.05) is 17.4 Å². The molecule has 22 heteroatoms. The fourth-order valence-electron chi connectivity index (χ4n) is 4.01. The van der Waals surface area contributed by atoms with Crippen LogP contribution in [-0.2, 0) is 4.79 Å². The van der Waals surface area contributed by atoms with Gasteiger partial charge in [0.15, 0.2) is 0 Å². The third kappa shape index (κ3) is 14.6. The van der Waals surface area contributed by atoms with Gasteiger partial charge < -0.3 is 30.6 Å². The fourth-order valence-corrected chi connectivity index (χ4v) is 4.19. The van der Waals surface area contributed by atoms with Gasteiger partial charge >= 0.3 is 17.9 Å². The number of fused-ring (bicyclic) bond motifs is 3. The predicted molar refractivity (Wildman–Crippen MR) is 211 cm³/mol. The van der Waals surface area contributed by atoms with Crippen LogP contribution in [0.4, 0.5) is 11.4 Å². The number of nitriles is 1. The third-order valence-corrected chi connectivity index (χ3v) is 6.93. The van der Waals surface area contributed by atoms with E-state index in [0.717, 1.165) is 11.2 Å². The first-order valence-electron chi connectivity index (χ1n) is 16.1. The van der Waals surface area contributed by atoms with E-state index in [0.29, 0.717) is 28.1 Å². The van der Waals surface area contributed by atoms with Crippen molar-refractivity contribution in [3.63, 3.8) is 0 Å². The van der Waals surface area contributed by atoms with Crippen molar-refractivity contribution in [1.29, 1.82) is 5.26 Å². The number of aromatic carboxylic acids is 3. The Morgan fingerprint density at radius 1 is 0.914 bits per heavy atom. The van der Waals surface area contributed by atoms with Gasteiger partial charge in [0.1, 0.15) is 28.3 Å². The number of halogens is 1. The van der Waals surface area contributed by atoms with Crippen molar-refractivity contribution in [3.05, 3.63) is 129 Å². The Labute approximate surface area is 333 Å². The van der Waals surface area contributed by atoms with Crippen LogP contribution >= 0.6 is 11.6 Å². The molecule has 0 atom stereocenters. The molecule has 58 heavy (non-hydrogen) atoms. The van der Waals surface area contributed by atoms with Crippen molar-refractivity contribution in [2.24, 2.45) is 10.9 Å². The van der Waals surface area contributed by atoms with Gasteiger partial charge in [-0.3, -0.25) is 40.8 Å². The minimum atomic E-state index is -1.08. The van der Waals surface area contributed by atoms with E-state index in [9.17, 15) is 24.0 Å². The number of anilines is 2. The summed E-state index contributed by atoms with van der Waals surface area (Å²) in [6.45, 7) is 11.8. The molecule has 6 aromatic heterocycles. The monoisotopic (exact) mass is 811 g/mol. The first kappa shape index (κ1) is 46.0. The number of aromatic amines is 1. The highest BCUT2D eigenvalue weighted by molar-refractivity contribution is 6.33. The molecule has 6 rings (SSSR count). The molecule has 298 valence electrons. The summed E-state index contributed by atoms with van der Waals surface area (Å²) in [5.74, 6) is 1.79. The Kier molecular flexibility index (Phi) is 18.7. The van der Waals surface area contributed by atoms with E-state index >= 15 is 0 Å². The van der Waals surface area contributed by atoms with Crippen molar-refractivity contribution in [3.8, 4) is 6.07 Å². The first-order valence-corrected chi connectivity index (χ1v) is 16.5. The van der Waals surface area contributed by atoms with E-state index in [1.54, 1.807) is 36.0 Å². The van der Waals surface area contributed by atoms with Gasteiger partial charge in [0.2, 0.25) is 0 Å². The molecule has 6 aromatic rings. The van der Waals surface area contributed by atoms with Crippen molar-refractivity contribution in [2.45, 2.75) is 27.2 Å². The van der Waals surface area contributed by atoms with Gasteiger partial charge in [0.05, 0.1) is 51.0 Å². The zero-order valence-electron chi connectivity index (χ0n) is 30.8. The maximum absolute atomic E-state index is 11.7. The third-order valence-electron chi connectivity index (χ3n) is 6.60. The summed E-state index contributed by atoms with van der Waals surface area (Å²) in [4.78, 5) is 73.8. The Balaban J connectivity index is 0.000000259. The highest BCUT2D eigenvalue weighted by Crippen LogP contribution is 2.14. The topological polar surface area (TPSA) is 321 Å². The number of carbonyl (C=O) groups is 4. The van der Waals surface area contributed by atoms with Crippen molar-refractivity contribution >= 4 is 68.9 Å². The molecule has 0 radical (unpaired) electrons. The highest BCUT2D eigenvalue weighted by Gasteiger charge is 2.10. The number of carboxylic acid groups (broad SMARTS) is 3. The SMILES string of the molecule is CC(=O)CC#N.Cc1cc2[nH]c(=O)c3cnccc3n2n1.NNc1ccncc1C(=O)O.O=C(O)c1cnccc1Cl.[C-]#[N+]C/C(C)=N/Nc1ccncc1C(=O)O. The minimum Gasteiger partial charge on any atom is -0.478 e. The average molecular weight is 812 g/mol. The van der Waals surface area contributed by atoms with Gasteiger partial charge in [-0.2, -0.15) is 15.5 Å². The zero-order chi connectivity index (χ0) is 43.2. The quantitative estimate of drug-likeness (QED) is 0.0486. The van der Waals surface area contributed by atoms with Crippen LogP contribution in [0.2, 0.25) is 5.02 Å². The molecule has 0 amide bonds. The van der Waals surface area contributed by atoms with Gasteiger partial charge in [-0.25, -0.2) is 25.5 Å². The molecule has 0 saturated heterocycles. The number of hydrazine groups is 1. The van der Waals surface area contributed by atoms with Crippen LogP contribution in [0, 0.1) is 24.8 Å². The number of pyridine rings is 4. The summed E-state index contributed by atoms with van der Waals surface area (Å²) in [6, 6.07) is 9.77. The highest BCUT2D eigenvalue weighted by atomic mass is 35.5. The lowest BCUT2D eigenvalue weighted by Gasteiger charge is -2.03. The van der Waals surface area contributed by atoms with Crippen molar-refractivity contribution < 1.29 is 34.5 Å². The number of rotatable bonds is 8. The molecular weight excluding hydrogens is 778 g/mol. The van der Waals surface area contributed by atoms with Gasteiger partial charge in [0, 0.05) is 55.6 Å². The van der Waals surface area contributed by atoms with Crippen LogP contribution in [-0.4, -0.2) is 85.8 Å². The van der Waals surface area contributed by atoms with E-state index in [4.69, 9.17) is 44.6 Å². The van der Waals surface area contributed by atoms with Gasteiger partial charge in [-0.15, -0.1) is 0 Å². The largest absolute Gasteiger partial charge is 0.478 e. The summed E-state index contributed by atoms with van der Waals surface area (Å²) >= 11 is 5.50. The number of Topliss-reactive ketones (excluding diaryl/α,β-unsaturated/α-hetero) is 1. The van der Waals surface area contributed by atoms with E-state index in [-0.39, 0.29) is 46.0 Å². The number of hydrogen-bond donors (Lipinski definition) is 7. The maximum atomic E-state index is 11.7. The number of ketones is 1. The molecule has 0 bridgehead atoms. The van der Waals surface area contributed by atoms with Crippen LogP contribution in [0.3, 0.4) is 0 Å². The number of aromatic nitrogens is 7. The number of carboxylic acids is 3. The number of aryl methyl sites for hydroxylation is 1. The van der Waals surface area contributed by atoms with Crippen LogP contribution in [0.1, 0.15) is 57.0 Å². The number of hydrazone groups is 1. The van der Waals surface area contributed by atoms with Crippen LogP contribution < -0.4 is 22.3 Å². The second kappa shape index (κ2) is 23.6. The number of nitrogens with one attached hydrogen (secondary N) is 3. The lowest BCUT2D eigenvalue weighted by Crippen LogP contribution is -2.11. The summed E-state index contributed by atoms with van der Waals surface area (Å²) in [5, 5.41) is 42.6. The number of H-pyrrole nitrogens is 1. The first-order chi connectivity index (χ1) is 27.6. The lowest BCUT2D eigenvalue weighted by atomic mass is 10.2. The molecule has 0 aliphatic carbocycles. The molecule has 21 nitrogen and oxygen atoms in total. The molecule has 0 aliphatic heterocycles. The lowest BCUT2D eigenvalue weighted by molar-refractivity contribution is -0.116. The summed E-state index contributed by atoms with van der Waals surface area (Å²) in [6.07, 6.45) is 11.3. The van der Waals surface area contributed by atoms with E-state index in [2.05, 4.69) is 50.8 Å². The smallest absolute Gasteiger partial charge is 0.339 e. The van der Waals surface area contributed by atoms with Crippen LogP contribution in [0.15, 0.2) is 89.8 Å². The van der Waals surface area contributed by atoms with Gasteiger partial charge in [-0.1, -0.05) is 11.6 Å². The number of carbonyl (C=O) groups excluding carboxylic acids is 1. The normalized spacial score (nSPS) is 9.88. The number of nitrogens with zero attached hydrogens (tertiary/aromatic N) is 9. The van der Waals surface area contributed by atoms with Crippen LogP contribution in [0.5, 0.6) is 0 Å². The molecule has 0 spiro atoms. The van der Waals surface area contributed by atoms with Crippen molar-refractivity contribution in [1.82, 2.24) is 34.5 Å². The molecule has 0 unspecified atom stereocenters. The fraction of sp³-hybridized carbons (Fsp3) is 0.139. The Morgan fingerprint density at radius 3 is 1.93 bits per heavy atom. The summed E-state index contributed by atoms with van der Waals surface area (Å²) in [7, 11) is 0. The number of nitrogens with two attached hydrogens (primary N) is 1. The number of nitrogen functional groups attached to an aromatic ring is 1. The maximum Gasteiger partial charge on any atom is 0.339 e. The number of hydrogen-bond acceptors (Lipinski definition) is 15. The van der Waals surface area contributed by atoms with E-state index in [1.807, 2.05) is 13.0 Å². The molecule has 8 N–H and O–H groups in total. The second-order valence-corrected chi connectivity index (χ2v) is 11.4. The Hall–Kier alpha value is -8.14. The van der Waals surface area contributed by atoms with Crippen LogP contribution in [0.25, 0.3) is 21.4 Å². The molecule has 6 heterocycles. The molecule has 0 saturated carbocycles. The summed E-state index contributed by atoms with van der Waals surface area (Å²) < 4.78 is 1.72. The van der Waals surface area contributed by atoms with Gasteiger partial charge in [0.25, 0.3) is 12.1 Å². The van der Waals surface area contributed by atoms with E-state index < -0.39 is 17.9 Å². The standard InChI is InChI=1S/C10H10N4O2.C10H8N4O.C6H4ClNO2.C6H7N3O2.C4H5NO/c1-7(5-11-2)13-14-9-3-4-12-6-8(9)10(15)16;1-6-4-9-12-10(15)7-5-11-3-2-8(7)14(9)13-6;7-5-1-2-8-3-4(5)6(9)10;7-9-5-1-2-8-3-4(5)6(10)11;1-4(6)2-3-5/h3-4,6H,5H2,1H3,(H,12,14)(H,15,16);2-5H,1H3,(H,12,15);1-3H,(H,9,10);1-3H,7H2,(H,8,9)(H,10,11);2H2,1H3/b13-7+;;;;. The Bertz CT molecular complexity index is 2560. The average Bonchev–Trinajstić information content (AvgIpc) is 3.58. The Morgan fingerprint density at radius 2 is 1.45 bits per heavy atom.